The number of amides is 1. The standard InChI is InChI=1S/C22H18ClNO3/c1-15(22(26)24-19-11-9-18(23)10-12-19)27-20-13-7-17(8-14-20)21(25)16-5-3-2-4-6-16/h2-15H,1H3,(H,24,26)/t15-/m1/s1. The van der Waals surface area contributed by atoms with Gasteiger partial charge in [0.25, 0.3) is 5.91 Å². The van der Waals surface area contributed by atoms with Crippen molar-refractivity contribution in [2.45, 2.75) is 13.0 Å². The summed E-state index contributed by atoms with van der Waals surface area (Å²) in [7, 11) is 0. The zero-order chi connectivity index (χ0) is 19.2. The molecule has 3 aromatic rings. The van der Waals surface area contributed by atoms with E-state index in [-0.39, 0.29) is 11.7 Å². The third-order valence-corrected chi connectivity index (χ3v) is 4.20. The Morgan fingerprint density at radius 3 is 2.07 bits per heavy atom. The molecule has 5 heteroatoms. The maximum atomic E-state index is 12.4. The van der Waals surface area contributed by atoms with Crippen molar-refractivity contribution in [2.24, 2.45) is 0 Å². The number of halogens is 1. The fourth-order valence-electron chi connectivity index (χ4n) is 2.48. The van der Waals surface area contributed by atoms with Gasteiger partial charge in [-0.05, 0) is 55.5 Å². The number of hydrogen-bond acceptors (Lipinski definition) is 3. The van der Waals surface area contributed by atoms with Crippen LogP contribution in [0.1, 0.15) is 22.8 Å². The summed E-state index contributed by atoms with van der Waals surface area (Å²) in [6, 6.07) is 22.6. The molecular weight excluding hydrogens is 362 g/mol. The number of nitrogens with one attached hydrogen (secondary N) is 1. The highest BCUT2D eigenvalue weighted by Crippen LogP contribution is 2.18. The van der Waals surface area contributed by atoms with E-state index in [0.29, 0.717) is 27.6 Å². The summed E-state index contributed by atoms with van der Waals surface area (Å²) in [4.78, 5) is 24.6. The molecule has 0 heterocycles. The van der Waals surface area contributed by atoms with E-state index in [0.717, 1.165) is 0 Å². The van der Waals surface area contributed by atoms with Crippen LogP contribution in [-0.2, 0) is 4.79 Å². The Morgan fingerprint density at radius 1 is 0.852 bits per heavy atom. The second-order valence-electron chi connectivity index (χ2n) is 5.98. The molecule has 0 spiro atoms. The van der Waals surface area contributed by atoms with Gasteiger partial charge in [0.2, 0.25) is 0 Å². The van der Waals surface area contributed by atoms with Gasteiger partial charge in [0.15, 0.2) is 11.9 Å². The molecule has 0 fully saturated rings. The van der Waals surface area contributed by atoms with Crippen molar-refractivity contribution in [1.82, 2.24) is 0 Å². The maximum absolute atomic E-state index is 12.4. The summed E-state index contributed by atoms with van der Waals surface area (Å²) in [6.07, 6.45) is -0.698. The SMILES string of the molecule is C[C@@H](Oc1ccc(C(=O)c2ccccc2)cc1)C(=O)Nc1ccc(Cl)cc1. The van der Waals surface area contributed by atoms with Crippen molar-refractivity contribution in [3.8, 4) is 5.75 Å². The second kappa shape index (κ2) is 8.52. The van der Waals surface area contributed by atoms with Crippen LogP contribution < -0.4 is 10.1 Å². The normalized spacial score (nSPS) is 11.5. The monoisotopic (exact) mass is 379 g/mol. The number of ether oxygens (including phenoxy) is 1. The fraction of sp³-hybridized carbons (Fsp3) is 0.0909. The third kappa shape index (κ3) is 4.96. The van der Waals surface area contributed by atoms with E-state index in [9.17, 15) is 9.59 Å². The van der Waals surface area contributed by atoms with Gasteiger partial charge in [-0.15, -0.1) is 0 Å². The first-order valence-electron chi connectivity index (χ1n) is 8.46. The molecule has 0 aliphatic rings. The van der Waals surface area contributed by atoms with Crippen molar-refractivity contribution in [3.05, 3.63) is 95.0 Å². The van der Waals surface area contributed by atoms with Crippen molar-refractivity contribution >= 4 is 29.0 Å². The Hall–Kier alpha value is -3.11. The molecule has 0 aliphatic carbocycles. The largest absolute Gasteiger partial charge is 0.481 e. The summed E-state index contributed by atoms with van der Waals surface area (Å²) < 4.78 is 5.66. The number of carbonyl (C=O) groups is 2. The van der Waals surface area contributed by atoms with Crippen LogP contribution in [0, 0.1) is 0 Å². The van der Waals surface area contributed by atoms with Crippen molar-refractivity contribution in [1.29, 1.82) is 0 Å². The lowest BCUT2D eigenvalue weighted by atomic mass is 10.0. The lowest BCUT2D eigenvalue weighted by Gasteiger charge is -2.15. The zero-order valence-electron chi connectivity index (χ0n) is 14.7. The Balaban J connectivity index is 1.61. The van der Waals surface area contributed by atoms with Gasteiger partial charge in [-0.25, -0.2) is 0 Å². The summed E-state index contributed by atoms with van der Waals surface area (Å²) in [5, 5.41) is 3.36. The Kier molecular flexibility index (Phi) is 5.89. The molecule has 0 aromatic heterocycles. The molecule has 0 aliphatic heterocycles. The Labute approximate surface area is 162 Å². The molecule has 27 heavy (non-hydrogen) atoms. The molecule has 3 aromatic carbocycles. The number of benzene rings is 3. The number of hydrogen-bond donors (Lipinski definition) is 1. The predicted octanol–water partition coefficient (Wildman–Crippen LogP) is 4.98. The van der Waals surface area contributed by atoms with Gasteiger partial charge in [0.05, 0.1) is 0 Å². The van der Waals surface area contributed by atoms with Gasteiger partial charge in [-0.2, -0.15) is 0 Å². The summed E-state index contributed by atoms with van der Waals surface area (Å²) in [6.45, 7) is 1.66. The van der Waals surface area contributed by atoms with E-state index in [2.05, 4.69) is 5.32 Å². The molecule has 1 amide bonds. The summed E-state index contributed by atoms with van der Waals surface area (Å²) in [5.74, 6) is 0.177. The number of ketones is 1. The smallest absolute Gasteiger partial charge is 0.265 e. The van der Waals surface area contributed by atoms with Crippen LogP contribution in [0.4, 0.5) is 5.69 Å². The average Bonchev–Trinajstić information content (AvgIpc) is 2.70. The topological polar surface area (TPSA) is 55.4 Å². The van der Waals surface area contributed by atoms with Crippen LogP contribution in [0.5, 0.6) is 5.75 Å². The first kappa shape index (κ1) is 18.7. The minimum atomic E-state index is -0.698. The van der Waals surface area contributed by atoms with Gasteiger partial charge in [-0.1, -0.05) is 41.9 Å². The highest BCUT2D eigenvalue weighted by molar-refractivity contribution is 6.30. The second-order valence-corrected chi connectivity index (χ2v) is 6.41. The molecule has 3 rings (SSSR count). The number of carbonyl (C=O) groups excluding carboxylic acids is 2. The van der Waals surface area contributed by atoms with Crippen LogP contribution in [0.25, 0.3) is 0 Å². The number of rotatable bonds is 6. The molecule has 0 bridgehead atoms. The third-order valence-electron chi connectivity index (χ3n) is 3.95. The summed E-state index contributed by atoms with van der Waals surface area (Å²) in [5.41, 5.74) is 1.83. The van der Waals surface area contributed by atoms with E-state index in [1.165, 1.54) is 0 Å². The lowest BCUT2D eigenvalue weighted by molar-refractivity contribution is -0.122. The molecule has 0 unspecified atom stereocenters. The molecule has 136 valence electrons. The molecular formula is C22H18ClNO3. The highest BCUT2D eigenvalue weighted by atomic mass is 35.5. The summed E-state index contributed by atoms with van der Waals surface area (Å²) >= 11 is 5.83. The van der Waals surface area contributed by atoms with Gasteiger partial charge in [-0.3, -0.25) is 9.59 Å². The maximum Gasteiger partial charge on any atom is 0.265 e. The number of anilines is 1. The molecule has 0 saturated carbocycles. The van der Waals surface area contributed by atoms with E-state index in [1.54, 1.807) is 67.6 Å². The van der Waals surface area contributed by atoms with E-state index >= 15 is 0 Å². The van der Waals surface area contributed by atoms with Crippen LogP contribution in [0.3, 0.4) is 0 Å². The van der Waals surface area contributed by atoms with Crippen LogP contribution in [-0.4, -0.2) is 17.8 Å². The fourth-order valence-corrected chi connectivity index (χ4v) is 2.60. The first-order chi connectivity index (χ1) is 13.0. The molecule has 1 N–H and O–H groups in total. The molecule has 4 nitrogen and oxygen atoms in total. The van der Waals surface area contributed by atoms with Crippen molar-refractivity contribution in [2.75, 3.05) is 5.32 Å². The Bertz CT molecular complexity index is 922. The predicted molar refractivity (Wildman–Crippen MR) is 106 cm³/mol. The van der Waals surface area contributed by atoms with Gasteiger partial charge >= 0.3 is 0 Å². The van der Waals surface area contributed by atoms with E-state index < -0.39 is 6.10 Å². The molecule has 0 radical (unpaired) electrons. The van der Waals surface area contributed by atoms with Gasteiger partial charge in [0, 0.05) is 21.8 Å². The molecule has 0 saturated heterocycles. The minimum absolute atomic E-state index is 0.0596. The van der Waals surface area contributed by atoms with Crippen molar-refractivity contribution < 1.29 is 14.3 Å². The highest BCUT2D eigenvalue weighted by Gasteiger charge is 2.15. The van der Waals surface area contributed by atoms with E-state index in [4.69, 9.17) is 16.3 Å². The average molecular weight is 380 g/mol. The van der Waals surface area contributed by atoms with Crippen LogP contribution in [0.15, 0.2) is 78.9 Å². The lowest BCUT2D eigenvalue weighted by Crippen LogP contribution is -2.30. The van der Waals surface area contributed by atoms with Gasteiger partial charge in [0.1, 0.15) is 5.75 Å². The molecule has 1 atom stereocenters. The minimum Gasteiger partial charge on any atom is -0.481 e. The van der Waals surface area contributed by atoms with Crippen LogP contribution >= 0.6 is 11.6 Å². The van der Waals surface area contributed by atoms with Gasteiger partial charge < -0.3 is 10.1 Å². The van der Waals surface area contributed by atoms with Crippen LogP contribution in [0.2, 0.25) is 5.02 Å². The Morgan fingerprint density at radius 2 is 1.44 bits per heavy atom. The quantitative estimate of drug-likeness (QED) is 0.615. The van der Waals surface area contributed by atoms with E-state index in [1.807, 2.05) is 18.2 Å². The zero-order valence-corrected chi connectivity index (χ0v) is 15.4. The van der Waals surface area contributed by atoms with Crippen molar-refractivity contribution in [3.63, 3.8) is 0 Å². The first-order valence-corrected chi connectivity index (χ1v) is 8.83.